The largest absolute Gasteiger partial charge is 0.512 e. The maximum atomic E-state index is 11.3. The fourth-order valence-electron chi connectivity index (χ4n) is 4.43. The van der Waals surface area contributed by atoms with Crippen LogP contribution >= 0.6 is 0 Å². The van der Waals surface area contributed by atoms with E-state index in [1.54, 1.807) is 30.3 Å². The standard InChI is InChI=1S/C32H26O5/c33-21-22-11-13-23(14-12-22)32(28-19-26(15-17-30(28)34)36-24-7-3-1-4-8-24)29-20-27(16-18-31(29)35)37-25-9-5-2-6-10-25/h1-15,17,19-21,32,34-35H,16,18H2. The molecule has 4 aromatic carbocycles. The van der Waals surface area contributed by atoms with Crippen LogP contribution in [0.5, 0.6) is 23.0 Å². The molecule has 184 valence electrons. The van der Waals surface area contributed by atoms with Crippen molar-refractivity contribution in [2.45, 2.75) is 18.8 Å². The van der Waals surface area contributed by atoms with Gasteiger partial charge in [-0.25, -0.2) is 0 Å². The van der Waals surface area contributed by atoms with Crippen LogP contribution in [0.15, 0.2) is 126 Å². The van der Waals surface area contributed by atoms with Crippen molar-refractivity contribution < 1.29 is 24.5 Å². The highest BCUT2D eigenvalue weighted by Gasteiger charge is 2.28. The molecule has 0 saturated heterocycles. The fourth-order valence-corrected chi connectivity index (χ4v) is 4.43. The van der Waals surface area contributed by atoms with Crippen LogP contribution in [-0.2, 0) is 0 Å². The minimum Gasteiger partial charge on any atom is -0.512 e. The summed E-state index contributed by atoms with van der Waals surface area (Å²) in [5.74, 6) is 2.40. The van der Waals surface area contributed by atoms with Crippen LogP contribution in [-0.4, -0.2) is 16.5 Å². The van der Waals surface area contributed by atoms with Crippen LogP contribution in [0.2, 0.25) is 0 Å². The summed E-state index contributed by atoms with van der Waals surface area (Å²) in [6, 6.07) is 31.1. The first-order chi connectivity index (χ1) is 18.1. The zero-order valence-electron chi connectivity index (χ0n) is 20.1. The summed E-state index contributed by atoms with van der Waals surface area (Å²) < 4.78 is 12.1. The average Bonchev–Trinajstić information content (AvgIpc) is 2.94. The number of aliphatic hydroxyl groups excluding tert-OH is 1. The number of hydrogen-bond acceptors (Lipinski definition) is 5. The Morgan fingerprint density at radius 1 is 0.703 bits per heavy atom. The summed E-state index contributed by atoms with van der Waals surface area (Å²) in [4.78, 5) is 11.3. The summed E-state index contributed by atoms with van der Waals surface area (Å²) in [7, 11) is 0. The second kappa shape index (κ2) is 10.9. The number of phenols is 1. The summed E-state index contributed by atoms with van der Waals surface area (Å²) >= 11 is 0. The number of rotatable bonds is 8. The van der Waals surface area contributed by atoms with Crippen molar-refractivity contribution in [1.82, 2.24) is 0 Å². The molecule has 5 nitrogen and oxygen atoms in total. The molecule has 0 aromatic heterocycles. The van der Waals surface area contributed by atoms with Crippen LogP contribution in [0.3, 0.4) is 0 Å². The van der Waals surface area contributed by atoms with E-state index in [1.807, 2.05) is 78.9 Å². The lowest BCUT2D eigenvalue weighted by Crippen LogP contribution is -2.12. The third kappa shape index (κ3) is 5.57. The highest BCUT2D eigenvalue weighted by molar-refractivity contribution is 5.74. The zero-order chi connectivity index (χ0) is 25.6. The number of carbonyl (C=O) groups excluding carboxylic acids is 1. The highest BCUT2D eigenvalue weighted by atomic mass is 16.5. The number of aliphatic hydroxyl groups is 1. The van der Waals surface area contributed by atoms with Crippen LogP contribution in [0.25, 0.3) is 0 Å². The lowest BCUT2D eigenvalue weighted by Gasteiger charge is -2.26. The molecular formula is C32H26O5. The van der Waals surface area contributed by atoms with Gasteiger partial charge in [0.1, 0.15) is 35.0 Å². The number of ether oxygens (including phenoxy) is 2. The predicted octanol–water partition coefficient (Wildman–Crippen LogP) is 7.70. The monoisotopic (exact) mass is 490 g/mol. The van der Waals surface area contributed by atoms with Gasteiger partial charge in [0.25, 0.3) is 0 Å². The predicted molar refractivity (Wildman–Crippen MR) is 142 cm³/mol. The summed E-state index contributed by atoms with van der Waals surface area (Å²) in [6.45, 7) is 0. The summed E-state index contributed by atoms with van der Waals surface area (Å²) in [5.41, 5.74) is 2.52. The molecular weight excluding hydrogens is 464 g/mol. The number of benzene rings is 4. The van der Waals surface area contributed by atoms with E-state index in [4.69, 9.17) is 9.47 Å². The number of aldehydes is 1. The minimum atomic E-state index is -0.533. The van der Waals surface area contributed by atoms with Gasteiger partial charge in [-0.3, -0.25) is 4.79 Å². The maximum absolute atomic E-state index is 11.3. The molecule has 0 radical (unpaired) electrons. The normalized spacial score (nSPS) is 14.0. The molecule has 37 heavy (non-hydrogen) atoms. The van der Waals surface area contributed by atoms with Crippen LogP contribution in [0.1, 0.15) is 40.2 Å². The van der Waals surface area contributed by atoms with Crippen molar-refractivity contribution in [3.8, 4) is 23.0 Å². The van der Waals surface area contributed by atoms with Crippen molar-refractivity contribution in [2.75, 3.05) is 0 Å². The Bertz CT molecular complexity index is 1440. The molecule has 5 rings (SSSR count). The van der Waals surface area contributed by atoms with Crippen molar-refractivity contribution in [3.05, 3.63) is 143 Å². The number of allylic oxidation sites excluding steroid dienone is 4. The Morgan fingerprint density at radius 2 is 1.35 bits per heavy atom. The molecule has 0 spiro atoms. The highest BCUT2D eigenvalue weighted by Crippen LogP contribution is 2.43. The van der Waals surface area contributed by atoms with E-state index in [0.717, 1.165) is 11.8 Å². The Labute approximate surface area is 215 Å². The van der Waals surface area contributed by atoms with Gasteiger partial charge in [-0.15, -0.1) is 0 Å². The Hall–Kier alpha value is -4.77. The number of aromatic hydroxyl groups is 1. The first-order valence-corrected chi connectivity index (χ1v) is 12.1. The molecule has 0 amide bonds. The third-order valence-corrected chi connectivity index (χ3v) is 6.26. The van der Waals surface area contributed by atoms with Crippen molar-refractivity contribution in [3.63, 3.8) is 0 Å². The lowest BCUT2D eigenvalue weighted by atomic mass is 9.81. The van der Waals surface area contributed by atoms with E-state index in [9.17, 15) is 15.0 Å². The number of phenolic OH excluding ortho intramolecular Hbond substituents is 1. The van der Waals surface area contributed by atoms with E-state index >= 15 is 0 Å². The SMILES string of the molecule is O=Cc1ccc(C(C2=C(O)CCC(Oc3ccccc3)=C2)c2cc(Oc3ccccc3)ccc2O)cc1. The molecule has 0 aliphatic heterocycles. The molecule has 1 atom stereocenters. The molecule has 0 bridgehead atoms. The number of hydrogen-bond donors (Lipinski definition) is 2. The molecule has 0 saturated carbocycles. The van der Waals surface area contributed by atoms with Crippen LogP contribution in [0, 0.1) is 0 Å². The minimum absolute atomic E-state index is 0.0645. The molecule has 0 heterocycles. The van der Waals surface area contributed by atoms with Crippen molar-refractivity contribution in [1.29, 1.82) is 0 Å². The molecule has 1 aliphatic carbocycles. The van der Waals surface area contributed by atoms with Crippen LogP contribution < -0.4 is 9.47 Å². The van der Waals surface area contributed by atoms with Gasteiger partial charge in [-0.05, 0) is 54.1 Å². The lowest BCUT2D eigenvalue weighted by molar-refractivity contribution is 0.112. The van der Waals surface area contributed by atoms with E-state index in [-0.39, 0.29) is 11.5 Å². The zero-order valence-corrected chi connectivity index (χ0v) is 20.1. The molecule has 2 N–H and O–H groups in total. The van der Waals surface area contributed by atoms with Crippen LogP contribution in [0.4, 0.5) is 0 Å². The van der Waals surface area contributed by atoms with E-state index in [2.05, 4.69) is 0 Å². The third-order valence-electron chi connectivity index (χ3n) is 6.26. The number of carbonyl (C=O) groups is 1. The molecule has 1 aliphatic rings. The topological polar surface area (TPSA) is 76.0 Å². The fraction of sp³-hybridized carbons (Fsp3) is 0.0938. The van der Waals surface area contributed by atoms with Gasteiger partial charge in [0, 0.05) is 35.5 Å². The van der Waals surface area contributed by atoms with E-state index in [0.29, 0.717) is 52.5 Å². The first kappa shape index (κ1) is 23.9. The van der Waals surface area contributed by atoms with Crippen molar-refractivity contribution >= 4 is 6.29 Å². The quantitative estimate of drug-likeness (QED) is 0.248. The van der Waals surface area contributed by atoms with Gasteiger partial charge in [0.15, 0.2) is 0 Å². The molecule has 1 unspecified atom stereocenters. The smallest absolute Gasteiger partial charge is 0.150 e. The first-order valence-electron chi connectivity index (χ1n) is 12.1. The molecule has 4 aromatic rings. The molecule has 5 heteroatoms. The van der Waals surface area contributed by atoms with Gasteiger partial charge < -0.3 is 19.7 Å². The van der Waals surface area contributed by atoms with Crippen molar-refractivity contribution in [2.24, 2.45) is 0 Å². The van der Waals surface area contributed by atoms with E-state index < -0.39 is 5.92 Å². The van der Waals surface area contributed by atoms with Gasteiger partial charge in [-0.1, -0.05) is 60.7 Å². The van der Waals surface area contributed by atoms with Gasteiger partial charge in [0.05, 0.1) is 5.76 Å². The number of para-hydroxylation sites is 2. The Morgan fingerprint density at radius 3 is 2.00 bits per heavy atom. The van der Waals surface area contributed by atoms with E-state index in [1.165, 1.54) is 0 Å². The second-order valence-corrected chi connectivity index (χ2v) is 8.78. The Balaban J connectivity index is 1.59. The maximum Gasteiger partial charge on any atom is 0.150 e. The van der Waals surface area contributed by atoms with Gasteiger partial charge in [0.2, 0.25) is 0 Å². The van der Waals surface area contributed by atoms with Gasteiger partial charge in [-0.2, -0.15) is 0 Å². The average molecular weight is 491 g/mol. The second-order valence-electron chi connectivity index (χ2n) is 8.78. The van der Waals surface area contributed by atoms with Gasteiger partial charge >= 0.3 is 0 Å². The summed E-state index contributed by atoms with van der Waals surface area (Å²) in [6.07, 6.45) is 3.57. The Kier molecular flexibility index (Phi) is 7.04. The summed E-state index contributed by atoms with van der Waals surface area (Å²) in [5, 5.41) is 22.0. The molecule has 0 fully saturated rings.